The van der Waals surface area contributed by atoms with Crippen LogP contribution in [0.2, 0.25) is 0 Å². The van der Waals surface area contributed by atoms with Gasteiger partial charge in [-0.1, -0.05) is 31.4 Å². The van der Waals surface area contributed by atoms with Crippen molar-refractivity contribution in [2.24, 2.45) is 11.3 Å². The van der Waals surface area contributed by atoms with Gasteiger partial charge in [-0.05, 0) is 62.1 Å². The first-order valence-electron chi connectivity index (χ1n) is 11.6. The molecule has 1 aliphatic heterocycles. The zero-order chi connectivity index (χ0) is 23.1. The van der Waals surface area contributed by atoms with Gasteiger partial charge in [0.05, 0.1) is 5.41 Å². The van der Waals surface area contributed by atoms with Gasteiger partial charge in [0.1, 0.15) is 11.9 Å². The van der Waals surface area contributed by atoms with Gasteiger partial charge in [0.25, 0.3) is 0 Å². The second-order valence-electron chi connectivity index (χ2n) is 9.18. The van der Waals surface area contributed by atoms with Gasteiger partial charge < -0.3 is 10.2 Å². The van der Waals surface area contributed by atoms with E-state index in [1.54, 1.807) is 29.6 Å². The van der Waals surface area contributed by atoms with Crippen LogP contribution in [0, 0.1) is 17.2 Å². The van der Waals surface area contributed by atoms with E-state index in [-0.39, 0.29) is 30.0 Å². The van der Waals surface area contributed by atoms with Crippen molar-refractivity contribution in [2.45, 2.75) is 70.3 Å². The summed E-state index contributed by atoms with van der Waals surface area (Å²) in [6.07, 6.45) is 7.16. The number of hydrogen-bond donors (Lipinski definition) is 3. The van der Waals surface area contributed by atoms with Gasteiger partial charge in [0.15, 0.2) is 0 Å². The van der Waals surface area contributed by atoms with Crippen LogP contribution in [-0.4, -0.2) is 47.5 Å². The van der Waals surface area contributed by atoms with Gasteiger partial charge in [-0.15, -0.1) is 0 Å². The fourth-order valence-electron chi connectivity index (χ4n) is 5.43. The Morgan fingerprint density at radius 1 is 1.22 bits per heavy atom. The Balaban J connectivity index is 1.77. The molecule has 0 aromatic heterocycles. The van der Waals surface area contributed by atoms with E-state index in [9.17, 15) is 18.8 Å². The summed E-state index contributed by atoms with van der Waals surface area (Å²) in [4.78, 5) is 40.3. The molecule has 1 aromatic carbocycles. The van der Waals surface area contributed by atoms with E-state index < -0.39 is 17.4 Å². The number of rotatable bonds is 9. The highest BCUT2D eigenvalue weighted by Gasteiger charge is 2.51. The van der Waals surface area contributed by atoms with Crippen LogP contribution >= 0.6 is 0 Å². The summed E-state index contributed by atoms with van der Waals surface area (Å²) in [7, 11) is 1.59. The van der Waals surface area contributed by atoms with Gasteiger partial charge in [0, 0.05) is 20.0 Å². The van der Waals surface area contributed by atoms with Crippen LogP contribution in [0.3, 0.4) is 0 Å². The Kier molecular flexibility index (Phi) is 8.23. The molecule has 3 amide bonds. The van der Waals surface area contributed by atoms with Crippen LogP contribution in [0.4, 0.5) is 4.39 Å². The summed E-state index contributed by atoms with van der Waals surface area (Å²) >= 11 is 0. The van der Waals surface area contributed by atoms with Gasteiger partial charge >= 0.3 is 0 Å². The Hall–Kier alpha value is -2.48. The zero-order valence-electron chi connectivity index (χ0n) is 18.7. The Labute approximate surface area is 188 Å². The van der Waals surface area contributed by atoms with Gasteiger partial charge in [-0.2, -0.15) is 0 Å². The van der Waals surface area contributed by atoms with Crippen molar-refractivity contribution >= 4 is 17.7 Å². The second kappa shape index (κ2) is 10.9. The van der Waals surface area contributed by atoms with E-state index >= 15 is 0 Å². The maximum atomic E-state index is 13.7. The summed E-state index contributed by atoms with van der Waals surface area (Å²) in [6.45, 7) is 0.419. The molecule has 2 aliphatic rings. The summed E-state index contributed by atoms with van der Waals surface area (Å²) in [6, 6.07) is 5.73. The van der Waals surface area contributed by atoms with E-state index in [4.69, 9.17) is 5.21 Å². The second-order valence-corrected chi connectivity index (χ2v) is 9.18. The first-order chi connectivity index (χ1) is 15.4. The molecule has 3 N–H and O–H groups in total. The molecule has 0 unspecified atom stereocenters. The van der Waals surface area contributed by atoms with E-state index in [1.165, 1.54) is 12.1 Å². The number of nitrogens with zero attached hydrogens (tertiary/aromatic N) is 1. The van der Waals surface area contributed by atoms with Crippen LogP contribution in [0.25, 0.3) is 0 Å². The number of carbonyl (C=O) groups excluding carboxylic acids is 3. The average Bonchev–Trinajstić information content (AvgIpc) is 3.11. The lowest BCUT2D eigenvalue weighted by Crippen LogP contribution is -2.53. The predicted molar refractivity (Wildman–Crippen MR) is 117 cm³/mol. The minimum atomic E-state index is -0.951. The van der Waals surface area contributed by atoms with Crippen molar-refractivity contribution in [3.05, 3.63) is 35.6 Å². The molecule has 1 saturated heterocycles. The third-order valence-corrected chi connectivity index (χ3v) is 7.15. The van der Waals surface area contributed by atoms with Gasteiger partial charge in [-0.25, -0.2) is 9.87 Å². The Bertz CT molecular complexity index is 810. The number of likely N-dealkylation sites (N-methyl/N-ethyl adjacent to an activating group) is 1. The molecular weight excluding hydrogens is 413 g/mol. The number of aryl methyl sites for hydroxylation is 1. The molecule has 1 aliphatic carbocycles. The molecule has 2 fully saturated rings. The van der Waals surface area contributed by atoms with Gasteiger partial charge in [-0.3, -0.25) is 19.6 Å². The lowest BCUT2D eigenvalue weighted by atomic mass is 9.77. The smallest absolute Gasteiger partial charge is 0.244 e. The van der Waals surface area contributed by atoms with Crippen LogP contribution < -0.4 is 10.8 Å². The summed E-state index contributed by atoms with van der Waals surface area (Å²) in [5.74, 6) is -1.11. The van der Waals surface area contributed by atoms with Crippen molar-refractivity contribution < 1.29 is 24.0 Å². The molecule has 32 heavy (non-hydrogen) atoms. The number of amides is 3. The highest BCUT2D eigenvalue weighted by atomic mass is 19.1. The van der Waals surface area contributed by atoms with E-state index in [0.29, 0.717) is 32.2 Å². The summed E-state index contributed by atoms with van der Waals surface area (Å²) < 4.78 is 13.2. The number of likely N-dealkylation sites (tertiary alicyclic amines) is 1. The number of carbonyl (C=O) groups is 3. The minimum Gasteiger partial charge on any atom is -0.357 e. The molecule has 7 nitrogen and oxygen atoms in total. The van der Waals surface area contributed by atoms with Crippen LogP contribution in [-0.2, 0) is 20.8 Å². The topological polar surface area (TPSA) is 98.7 Å². The Morgan fingerprint density at radius 2 is 1.91 bits per heavy atom. The Morgan fingerprint density at radius 3 is 2.53 bits per heavy atom. The predicted octanol–water partition coefficient (Wildman–Crippen LogP) is 2.96. The minimum absolute atomic E-state index is 0.118. The normalized spacial score (nSPS) is 22.6. The third-order valence-electron chi connectivity index (χ3n) is 7.15. The van der Waals surface area contributed by atoms with E-state index in [0.717, 1.165) is 37.7 Å². The molecule has 1 saturated carbocycles. The van der Waals surface area contributed by atoms with Gasteiger partial charge in [0.2, 0.25) is 17.7 Å². The molecule has 1 aromatic rings. The van der Waals surface area contributed by atoms with Crippen molar-refractivity contribution in [1.82, 2.24) is 15.7 Å². The molecular formula is C24H34FN3O4. The zero-order valence-corrected chi connectivity index (χ0v) is 18.7. The van der Waals surface area contributed by atoms with Crippen molar-refractivity contribution in [3.8, 4) is 0 Å². The fourth-order valence-corrected chi connectivity index (χ4v) is 5.43. The van der Waals surface area contributed by atoms with Crippen molar-refractivity contribution in [3.63, 3.8) is 0 Å². The monoisotopic (exact) mass is 447 g/mol. The molecule has 3 rings (SSSR count). The largest absolute Gasteiger partial charge is 0.357 e. The summed E-state index contributed by atoms with van der Waals surface area (Å²) in [5, 5.41) is 11.8. The van der Waals surface area contributed by atoms with E-state index in [1.807, 2.05) is 0 Å². The average molecular weight is 448 g/mol. The first kappa shape index (κ1) is 24.2. The fraction of sp³-hybridized carbons (Fsp3) is 0.625. The lowest BCUT2D eigenvalue weighted by molar-refractivity contribution is -0.148. The number of hydroxylamine groups is 1. The standard InChI is InChI=1S/C24H34FN3O4/c1-26-22(30)21(18-7-3-2-4-8-18)28-15-14-24(23(28)31,16-20(29)27-32)13-5-6-17-9-11-19(25)12-10-17/h9-12,18,21,32H,2-8,13-16H2,1H3,(H,26,30)(H,27,29)/t21-,24+/m1/s1. The van der Waals surface area contributed by atoms with Crippen LogP contribution in [0.15, 0.2) is 24.3 Å². The van der Waals surface area contributed by atoms with Crippen LogP contribution in [0.5, 0.6) is 0 Å². The van der Waals surface area contributed by atoms with Crippen molar-refractivity contribution in [2.75, 3.05) is 13.6 Å². The SMILES string of the molecule is CNC(=O)[C@@H](C1CCCCC1)N1CC[C@@](CCCc2ccc(F)cc2)(CC(=O)NO)C1=O. The van der Waals surface area contributed by atoms with Crippen LogP contribution in [0.1, 0.15) is 63.4 Å². The quantitative estimate of drug-likeness (QED) is 0.400. The van der Waals surface area contributed by atoms with Crippen molar-refractivity contribution in [1.29, 1.82) is 0 Å². The lowest BCUT2D eigenvalue weighted by Gasteiger charge is -2.36. The number of nitrogens with one attached hydrogen (secondary N) is 2. The number of benzene rings is 1. The summed E-state index contributed by atoms with van der Waals surface area (Å²) in [5.41, 5.74) is 1.67. The first-order valence-corrected chi connectivity index (χ1v) is 11.6. The molecule has 0 spiro atoms. The maximum Gasteiger partial charge on any atom is 0.244 e. The highest BCUT2D eigenvalue weighted by Crippen LogP contribution is 2.43. The third kappa shape index (κ3) is 5.46. The molecule has 1 heterocycles. The number of hydrogen-bond acceptors (Lipinski definition) is 4. The molecule has 2 atom stereocenters. The number of halogens is 1. The molecule has 0 bridgehead atoms. The molecule has 8 heteroatoms. The molecule has 176 valence electrons. The highest BCUT2D eigenvalue weighted by molar-refractivity contribution is 5.94. The molecule has 0 radical (unpaired) electrons. The van der Waals surface area contributed by atoms with E-state index in [2.05, 4.69) is 5.32 Å². The maximum absolute atomic E-state index is 13.7.